The third kappa shape index (κ3) is 3.36. The number of aryl methyl sites for hydroxylation is 2. The van der Waals surface area contributed by atoms with Crippen molar-refractivity contribution in [3.63, 3.8) is 0 Å². The minimum atomic E-state index is 0.399. The number of nitrogens with one attached hydrogen (secondary N) is 1. The molecule has 1 atom stereocenters. The van der Waals surface area contributed by atoms with E-state index in [0.717, 1.165) is 43.4 Å². The molecule has 0 aliphatic carbocycles. The molecule has 21 heavy (non-hydrogen) atoms. The molecule has 3 heterocycles. The molecule has 1 fully saturated rings. The van der Waals surface area contributed by atoms with E-state index in [4.69, 9.17) is 4.74 Å². The SMILES string of the molecule is Cc1cc(C)c(CNc2cc(C3CCOC3)ncn2)cn1. The normalized spacial score (nSPS) is 17.9. The minimum absolute atomic E-state index is 0.399. The van der Waals surface area contributed by atoms with Gasteiger partial charge in [-0.3, -0.25) is 4.98 Å². The van der Waals surface area contributed by atoms with Gasteiger partial charge in [0.15, 0.2) is 0 Å². The molecule has 1 N–H and O–H groups in total. The molecule has 0 amide bonds. The highest BCUT2D eigenvalue weighted by atomic mass is 16.5. The van der Waals surface area contributed by atoms with Gasteiger partial charge in [-0.1, -0.05) is 0 Å². The van der Waals surface area contributed by atoms with Gasteiger partial charge in [0.05, 0.1) is 12.3 Å². The highest BCUT2D eigenvalue weighted by molar-refractivity contribution is 5.38. The first-order valence-corrected chi connectivity index (χ1v) is 7.28. The van der Waals surface area contributed by atoms with E-state index < -0.39 is 0 Å². The molecule has 110 valence electrons. The lowest BCUT2D eigenvalue weighted by Crippen LogP contribution is -2.07. The van der Waals surface area contributed by atoms with E-state index in [0.29, 0.717) is 5.92 Å². The van der Waals surface area contributed by atoms with Crippen molar-refractivity contribution in [2.75, 3.05) is 18.5 Å². The van der Waals surface area contributed by atoms with Crippen LogP contribution in [-0.2, 0) is 11.3 Å². The number of pyridine rings is 1. The van der Waals surface area contributed by atoms with Crippen LogP contribution in [0.1, 0.15) is 34.9 Å². The summed E-state index contributed by atoms with van der Waals surface area (Å²) in [6.07, 6.45) is 4.58. The van der Waals surface area contributed by atoms with E-state index in [9.17, 15) is 0 Å². The Labute approximate surface area is 124 Å². The average molecular weight is 284 g/mol. The standard InChI is InChI=1S/C16H20N4O/c1-11-5-12(2)17-7-14(11)8-18-16-6-15(19-10-20-16)13-3-4-21-9-13/h5-7,10,13H,3-4,8-9H2,1-2H3,(H,18,19,20). The van der Waals surface area contributed by atoms with Gasteiger partial charge in [0, 0.05) is 37.0 Å². The Morgan fingerprint density at radius 2 is 2.14 bits per heavy atom. The van der Waals surface area contributed by atoms with Crippen LogP contribution in [0.4, 0.5) is 5.82 Å². The smallest absolute Gasteiger partial charge is 0.129 e. The second-order valence-corrected chi connectivity index (χ2v) is 5.49. The van der Waals surface area contributed by atoms with Crippen LogP contribution in [0.2, 0.25) is 0 Å². The Morgan fingerprint density at radius 1 is 1.24 bits per heavy atom. The van der Waals surface area contributed by atoms with Crippen molar-refractivity contribution in [2.24, 2.45) is 0 Å². The molecule has 0 radical (unpaired) electrons. The molecule has 1 unspecified atom stereocenters. The quantitative estimate of drug-likeness (QED) is 0.935. The molecular formula is C16H20N4O. The van der Waals surface area contributed by atoms with Crippen molar-refractivity contribution in [3.8, 4) is 0 Å². The van der Waals surface area contributed by atoms with Gasteiger partial charge in [0.1, 0.15) is 12.1 Å². The molecule has 0 spiro atoms. The average Bonchev–Trinajstić information content (AvgIpc) is 3.01. The maximum Gasteiger partial charge on any atom is 0.129 e. The van der Waals surface area contributed by atoms with Crippen LogP contribution in [0.15, 0.2) is 24.7 Å². The lowest BCUT2D eigenvalue weighted by atomic mass is 10.0. The van der Waals surface area contributed by atoms with Crippen LogP contribution >= 0.6 is 0 Å². The maximum atomic E-state index is 5.42. The van der Waals surface area contributed by atoms with Gasteiger partial charge in [-0.2, -0.15) is 0 Å². The molecule has 1 saturated heterocycles. The Bertz CT molecular complexity index is 623. The summed E-state index contributed by atoms with van der Waals surface area (Å²) in [6, 6.07) is 4.12. The van der Waals surface area contributed by atoms with Gasteiger partial charge < -0.3 is 10.1 Å². The maximum absolute atomic E-state index is 5.42. The highest BCUT2D eigenvalue weighted by Crippen LogP contribution is 2.24. The molecule has 2 aromatic rings. The fraction of sp³-hybridized carbons (Fsp3) is 0.438. The topological polar surface area (TPSA) is 59.9 Å². The minimum Gasteiger partial charge on any atom is -0.381 e. The van der Waals surface area contributed by atoms with Gasteiger partial charge in [0.25, 0.3) is 0 Å². The van der Waals surface area contributed by atoms with Gasteiger partial charge in [-0.25, -0.2) is 9.97 Å². The first kappa shape index (κ1) is 13.9. The fourth-order valence-corrected chi connectivity index (χ4v) is 2.56. The number of rotatable bonds is 4. The zero-order valence-electron chi connectivity index (χ0n) is 12.5. The second-order valence-electron chi connectivity index (χ2n) is 5.49. The zero-order valence-corrected chi connectivity index (χ0v) is 12.5. The number of hydrogen-bond acceptors (Lipinski definition) is 5. The van der Waals surface area contributed by atoms with Crippen LogP contribution < -0.4 is 5.32 Å². The van der Waals surface area contributed by atoms with Crippen LogP contribution in [-0.4, -0.2) is 28.2 Å². The van der Waals surface area contributed by atoms with Gasteiger partial charge in [0.2, 0.25) is 0 Å². The Balaban J connectivity index is 1.68. The largest absolute Gasteiger partial charge is 0.381 e. The molecule has 0 bridgehead atoms. The molecule has 1 aliphatic heterocycles. The molecular weight excluding hydrogens is 264 g/mol. The van der Waals surface area contributed by atoms with Gasteiger partial charge >= 0.3 is 0 Å². The summed E-state index contributed by atoms with van der Waals surface area (Å²) < 4.78 is 5.42. The van der Waals surface area contributed by atoms with E-state index in [1.54, 1.807) is 6.33 Å². The summed E-state index contributed by atoms with van der Waals surface area (Å²) in [7, 11) is 0. The first-order valence-electron chi connectivity index (χ1n) is 7.28. The summed E-state index contributed by atoms with van der Waals surface area (Å²) in [5.41, 5.74) is 4.53. The van der Waals surface area contributed by atoms with E-state index in [-0.39, 0.29) is 0 Å². The van der Waals surface area contributed by atoms with Crippen molar-refractivity contribution in [2.45, 2.75) is 32.7 Å². The Morgan fingerprint density at radius 3 is 2.90 bits per heavy atom. The van der Waals surface area contributed by atoms with E-state index >= 15 is 0 Å². The number of hydrogen-bond donors (Lipinski definition) is 1. The van der Waals surface area contributed by atoms with E-state index in [1.165, 1.54) is 11.1 Å². The van der Waals surface area contributed by atoms with Crippen LogP contribution in [0.5, 0.6) is 0 Å². The van der Waals surface area contributed by atoms with E-state index in [2.05, 4.69) is 33.3 Å². The summed E-state index contributed by atoms with van der Waals surface area (Å²) in [6.45, 7) is 6.41. The van der Waals surface area contributed by atoms with Crippen LogP contribution in [0.3, 0.4) is 0 Å². The van der Waals surface area contributed by atoms with Crippen molar-refractivity contribution in [1.29, 1.82) is 0 Å². The summed E-state index contributed by atoms with van der Waals surface area (Å²) in [5.74, 6) is 1.25. The predicted octanol–water partition coefficient (Wildman–Crippen LogP) is 2.60. The van der Waals surface area contributed by atoms with Crippen molar-refractivity contribution in [3.05, 3.63) is 47.2 Å². The van der Waals surface area contributed by atoms with Crippen molar-refractivity contribution < 1.29 is 4.74 Å². The Hall–Kier alpha value is -2.01. The lowest BCUT2D eigenvalue weighted by molar-refractivity contribution is 0.193. The fourth-order valence-electron chi connectivity index (χ4n) is 2.56. The van der Waals surface area contributed by atoms with Crippen LogP contribution in [0, 0.1) is 13.8 Å². The molecule has 5 heteroatoms. The lowest BCUT2D eigenvalue weighted by Gasteiger charge is -2.11. The molecule has 3 rings (SSSR count). The Kier molecular flexibility index (Phi) is 4.10. The zero-order chi connectivity index (χ0) is 14.7. The third-order valence-corrected chi connectivity index (χ3v) is 3.85. The van der Waals surface area contributed by atoms with Crippen molar-refractivity contribution in [1.82, 2.24) is 15.0 Å². The second kappa shape index (κ2) is 6.18. The molecule has 1 aliphatic rings. The number of aromatic nitrogens is 3. The summed E-state index contributed by atoms with van der Waals surface area (Å²) in [4.78, 5) is 13.0. The van der Waals surface area contributed by atoms with Gasteiger partial charge in [-0.15, -0.1) is 0 Å². The first-order chi connectivity index (χ1) is 10.2. The highest BCUT2D eigenvalue weighted by Gasteiger charge is 2.19. The third-order valence-electron chi connectivity index (χ3n) is 3.85. The molecule has 2 aromatic heterocycles. The number of ether oxygens (including phenoxy) is 1. The molecule has 5 nitrogen and oxygen atoms in total. The van der Waals surface area contributed by atoms with Gasteiger partial charge in [-0.05, 0) is 37.5 Å². The summed E-state index contributed by atoms with van der Waals surface area (Å²) in [5, 5.41) is 3.35. The number of nitrogens with zero attached hydrogens (tertiary/aromatic N) is 3. The monoisotopic (exact) mass is 284 g/mol. The van der Waals surface area contributed by atoms with Crippen LogP contribution in [0.25, 0.3) is 0 Å². The van der Waals surface area contributed by atoms with Crippen molar-refractivity contribution >= 4 is 5.82 Å². The van der Waals surface area contributed by atoms with E-state index in [1.807, 2.05) is 19.2 Å². The predicted molar refractivity (Wildman–Crippen MR) is 81.2 cm³/mol. The molecule has 0 aromatic carbocycles. The molecule has 0 saturated carbocycles. The summed E-state index contributed by atoms with van der Waals surface area (Å²) >= 11 is 0. The number of anilines is 1.